The average molecular weight is 333 g/mol. The van der Waals surface area contributed by atoms with E-state index in [2.05, 4.69) is 4.98 Å². The number of aromatic carboxylic acids is 1. The van der Waals surface area contributed by atoms with E-state index in [-0.39, 0.29) is 11.4 Å². The molecular formula is C20H12FNO3. The zero-order valence-electron chi connectivity index (χ0n) is 12.9. The van der Waals surface area contributed by atoms with Crippen LogP contribution in [0.15, 0.2) is 71.1 Å². The normalized spacial score (nSPS) is 10.9. The third-order valence-corrected chi connectivity index (χ3v) is 3.91. The van der Waals surface area contributed by atoms with Crippen molar-refractivity contribution in [1.82, 2.24) is 4.98 Å². The fourth-order valence-electron chi connectivity index (χ4n) is 2.75. The van der Waals surface area contributed by atoms with E-state index in [0.717, 1.165) is 0 Å². The van der Waals surface area contributed by atoms with E-state index in [0.29, 0.717) is 33.7 Å². The average Bonchev–Trinajstić information content (AvgIpc) is 3.11. The molecule has 0 atom stereocenters. The van der Waals surface area contributed by atoms with Gasteiger partial charge in [-0.3, -0.25) is 0 Å². The number of benzene rings is 2. The molecule has 4 aromatic rings. The molecule has 0 amide bonds. The van der Waals surface area contributed by atoms with Crippen LogP contribution in [-0.4, -0.2) is 16.1 Å². The summed E-state index contributed by atoms with van der Waals surface area (Å²) in [6.45, 7) is 0. The smallest absolute Gasteiger partial charge is 0.336 e. The van der Waals surface area contributed by atoms with Crippen LogP contribution in [0, 0.1) is 5.82 Å². The summed E-state index contributed by atoms with van der Waals surface area (Å²) in [6, 6.07) is 18.0. The summed E-state index contributed by atoms with van der Waals surface area (Å²) in [5.41, 5.74) is 1.75. The third-order valence-electron chi connectivity index (χ3n) is 3.91. The molecule has 0 saturated heterocycles. The second-order valence-corrected chi connectivity index (χ2v) is 5.55. The van der Waals surface area contributed by atoms with Crippen LogP contribution in [0.1, 0.15) is 10.4 Å². The molecule has 0 aliphatic carbocycles. The van der Waals surface area contributed by atoms with Gasteiger partial charge in [-0.1, -0.05) is 30.3 Å². The van der Waals surface area contributed by atoms with Crippen LogP contribution in [0.5, 0.6) is 0 Å². The van der Waals surface area contributed by atoms with E-state index in [1.54, 1.807) is 48.5 Å². The van der Waals surface area contributed by atoms with Crippen molar-refractivity contribution in [2.75, 3.05) is 0 Å². The Balaban J connectivity index is 1.84. The molecule has 2 aromatic carbocycles. The van der Waals surface area contributed by atoms with Gasteiger partial charge in [-0.2, -0.15) is 0 Å². The minimum absolute atomic E-state index is 0.157. The topological polar surface area (TPSA) is 63.3 Å². The number of nitrogens with zero attached hydrogens (tertiary/aromatic N) is 1. The second kappa shape index (κ2) is 5.87. The maximum Gasteiger partial charge on any atom is 0.336 e. The van der Waals surface area contributed by atoms with Crippen LogP contribution in [-0.2, 0) is 0 Å². The Morgan fingerprint density at radius 2 is 1.76 bits per heavy atom. The largest absolute Gasteiger partial charge is 0.478 e. The molecule has 0 bridgehead atoms. The van der Waals surface area contributed by atoms with Crippen LogP contribution in [0.4, 0.5) is 4.39 Å². The molecule has 4 nitrogen and oxygen atoms in total. The Morgan fingerprint density at radius 3 is 2.56 bits per heavy atom. The summed E-state index contributed by atoms with van der Waals surface area (Å²) >= 11 is 0. The zero-order chi connectivity index (χ0) is 17.4. The van der Waals surface area contributed by atoms with Crippen LogP contribution < -0.4 is 0 Å². The maximum absolute atomic E-state index is 13.4. The summed E-state index contributed by atoms with van der Waals surface area (Å²) < 4.78 is 19.2. The number of hydrogen-bond acceptors (Lipinski definition) is 3. The lowest BCUT2D eigenvalue weighted by molar-refractivity contribution is 0.0699. The van der Waals surface area contributed by atoms with Crippen LogP contribution >= 0.6 is 0 Å². The monoisotopic (exact) mass is 333 g/mol. The van der Waals surface area contributed by atoms with Crippen molar-refractivity contribution < 1.29 is 18.7 Å². The minimum atomic E-state index is -1.03. The van der Waals surface area contributed by atoms with Crippen molar-refractivity contribution in [2.24, 2.45) is 0 Å². The van der Waals surface area contributed by atoms with E-state index < -0.39 is 5.97 Å². The van der Waals surface area contributed by atoms with Gasteiger partial charge in [0.2, 0.25) is 0 Å². The molecular weight excluding hydrogens is 321 g/mol. The molecule has 0 spiro atoms. The number of halogens is 1. The third kappa shape index (κ3) is 2.76. The fraction of sp³-hybridized carbons (Fsp3) is 0. The Bertz CT molecular complexity index is 1100. The highest BCUT2D eigenvalue weighted by Crippen LogP contribution is 2.30. The Hall–Kier alpha value is -3.47. The highest BCUT2D eigenvalue weighted by molar-refractivity contribution is 6.03. The molecule has 122 valence electrons. The molecule has 4 rings (SSSR count). The molecule has 0 unspecified atom stereocenters. The Morgan fingerprint density at radius 1 is 0.960 bits per heavy atom. The van der Waals surface area contributed by atoms with Gasteiger partial charge in [0, 0.05) is 10.9 Å². The first-order valence-electron chi connectivity index (χ1n) is 7.61. The summed E-state index contributed by atoms with van der Waals surface area (Å²) in [7, 11) is 0. The van der Waals surface area contributed by atoms with E-state index >= 15 is 0 Å². The first-order valence-corrected chi connectivity index (χ1v) is 7.61. The number of fused-ring (bicyclic) bond motifs is 1. The number of furan rings is 1. The number of carbonyl (C=O) groups is 1. The molecule has 0 fully saturated rings. The summed E-state index contributed by atoms with van der Waals surface area (Å²) in [5, 5.41) is 10.0. The number of rotatable bonds is 3. The van der Waals surface area contributed by atoms with Crippen LogP contribution in [0.25, 0.3) is 33.7 Å². The zero-order valence-corrected chi connectivity index (χ0v) is 12.9. The van der Waals surface area contributed by atoms with Crippen molar-refractivity contribution in [3.63, 3.8) is 0 Å². The lowest BCUT2D eigenvalue weighted by atomic mass is 10.1. The van der Waals surface area contributed by atoms with Crippen molar-refractivity contribution in [3.05, 3.63) is 78.1 Å². The number of carboxylic acids is 1. The van der Waals surface area contributed by atoms with Crippen LogP contribution in [0.2, 0.25) is 0 Å². The van der Waals surface area contributed by atoms with Gasteiger partial charge in [0.1, 0.15) is 17.3 Å². The number of carboxylic acid groups (broad SMARTS) is 1. The van der Waals surface area contributed by atoms with Gasteiger partial charge >= 0.3 is 5.97 Å². The molecule has 2 aromatic heterocycles. The van der Waals surface area contributed by atoms with Crippen molar-refractivity contribution in [2.45, 2.75) is 0 Å². The molecule has 2 heterocycles. The van der Waals surface area contributed by atoms with Crippen molar-refractivity contribution in [1.29, 1.82) is 0 Å². The lowest BCUT2D eigenvalue weighted by Crippen LogP contribution is -1.99. The maximum atomic E-state index is 13.4. The fourth-order valence-corrected chi connectivity index (χ4v) is 2.75. The van der Waals surface area contributed by atoms with Crippen molar-refractivity contribution in [3.8, 4) is 22.8 Å². The van der Waals surface area contributed by atoms with Gasteiger partial charge < -0.3 is 9.52 Å². The van der Waals surface area contributed by atoms with E-state index in [4.69, 9.17) is 4.42 Å². The molecule has 0 aliphatic rings. The van der Waals surface area contributed by atoms with Crippen LogP contribution in [0.3, 0.4) is 0 Å². The molecule has 5 heteroatoms. The molecule has 1 N–H and O–H groups in total. The predicted octanol–water partition coefficient (Wildman–Crippen LogP) is 5.00. The van der Waals surface area contributed by atoms with Crippen molar-refractivity contribution >= 4 is 16.9 Å². The first kappa shape index (κ1) is 15.1. The van der Waals surface area contributed by atoms with Gasteiger partial charge in [-0.25, -0.2) is 14.2 Å². The highest BCUT2D eigenvalue weighted by atomic mass is 19.1. The lowest BCUT2D eigenvalue weighted by Gasteiger charge is -2.05. The minimum Gasteiger partial charge on any atom is -0.478 e. The highest BCUT2D eigenvalue weighted by Gasteiger charge is 2.15. The van der Waals surface area contributed by atoms with Gasteiger partial charge in [0.05, 0.1) is 11.1 Å². The number of pyridine rings is 1. The molecule has 0 radical (unpaired) electrons. The standard InChI is InChI=1S/C20H12FNO3/c21-13-5-3-4-12(10-13)18-8-9-19(25-18)17-11-15(20(23)24)14-6-1-2-7-16(14)22-17/h1-11H,(H,23,24). The SMILES string of the molecule is O=C(O)c1cc(-c2ccc(-c3cccc(F)c3)o2)nc2ccccc12. The van der Waals surface area contributed by atoms with Gasteiger partial charge in [-0.05, 0) is 36.4 Å². The quantitative estimate of drug-likeness (QED) is 0.573. The summed E-state index contributed by atoms with van der Waals surface area (Å²) in [5.74, 6) is -0.474. The van der Waals surface area contributed by atoms with Gasteiger partial charge in [0.15, 0.2) is 5.76 Å². The van der Waals surface area contributed by atoms with Gasteiger partial charge in [0.25, 0.3) is 0 Å². The predicted molar refractivity (Wildman–Crippen MR) is 91.8 cm³/mol. The number of para-hydroxylation sites is 1. The summed E-state index contributed by atoms with van der Waals surface area (Å²) in [4.78, 5) is 16.0. The Kier molecular flexibility index (Phi) is 3.54. The first-order chi connectivity index (χ1) is 12.1. The van der Waals surface area contributed by atoms with E-state index in [1.807, 2.05) is 0 Å². The number of hydrogen-bond donors (Lipinski definition) is 1. The summed E-state index contributed by atoms with van der Waals surface area (Å²) in [6.07, 6.45) is 0. The number of aromatic nitrogens is 1. The van der Waals surface area contributed by atoms with E-state index in [1.165, 1.54) is 18.2 Å². The molecule has 25 heavy (non-hydrogen) atoms. The molecule has 0 aliphatic heterocycles. The second-order valence-electron chi connectivity index (χ2n) is 5.55. The van der Waals surface area contributed by atoms with Gasteiger partial charge in [-0.15, -0.1) is 0 Å². The Labute approximate surface area is 142 Å². The van der Waals surface area contributed by atoms with E-state index in [9.17, 15) is 14.3 Å². The molecule has 0 saturated carbocycles.